The third-order valence-electron chi connectivity index (χ3n) is 3.66. The van der Waals surface area contributed by atoms with Crippen LogP contribution in [-0.4, -0.2) is 24.1 Å². The normalized spacial score (nSPS) is 11.3. The molecule has 1 N–H and O–H groups in total. The molecule has 0 radical (unpaired) electrons. The molecule has 0 bridgehead atoms. The Bertz CT molecular complexity index is 387. The zero-order valence-corrected chi connectivity index (χ0v) is 15.4. The van der Waals surface area contributed by atoms with Crippen molar-refractivity contribution in [3.63, 3.8) is 0 Å². The van der Waals surface area contributed by atoms with E-state index in [1.807, 2.05) is 11.3 Å². The van der Waals surface area contributed by atoms with Gasteiger partial charge in [-0.05, 0) is 33.2 Å². The Labute approximate surface area is 135 Å². The lowest BCUT2D eigenvalue weighted by Crippen LogP contribution is -2.31. The number of thiazole rings is 1. The van der Waals surface area contributed by atoms with Gasteiger partial charge in [-0.25, -0.2) is 4.98 Å². The maximum atomic E-state index is 4.96. The van der Waals surface area contributed by atoms with E-state index in [0.29, 0.717) is 6.04 Å². The molecule has 1 rings (SSSR count). The van der Waals surface area contributed by atoms with Crippen molar-refractivity contribution in [2.45, 2.75) is 79.3 Å². The highest BCUT2D eigenvalue weighted by atomic mass is 32.1. The number of hydrogen-bond donors (Lipinski definition) is 1. The van der Waals surface area contributed by atoms with Gasteiger partial charge in [0.05, 0.1) is 5.69 Å². The molecule has 0 saturated heterocycles. The summed E-state index contributed by atoms with van der Waals surface area (Å²) < 4.78 is 0. The quantitative estimate of drug-likeness (QED) is 0.605. The van der Waals surface area contributed by atoms with Gasteiger partial charge in [-0.1, -0.05) is 40.0 Å². The first-order chi connectivity index (χ1) is 10.1. The van der Waals surface area contributed by atoms with Crippen LogP contribution in [0.15, 0.2) is 0 Å². The van der Waals surface area contributed by atoms with Gasteiger partial charge in [0, 0.05) is 24.0 Å². The number of unbranched alkanes of at least 4 members (excludes halogenated alkanes) is 2. The van der Waals surface area contributed by atoms with E-state index in [0.717, 1.165) is 26.1 Å². The van der Waals surface area contributed by atoms with Gasteiger partial charge in [-0.3, -0.25) is 0 Å². The molecule has 0 aliphatic rings. The smallest absolute Gasteiger partial charge is 0.186 e. The van der Waals surface area contributed by atoms with Gasteiger partial charge < -0.3 is 10.2 Å². The Morgan fingerprint density at radius 2 is 1.90 bits per heavy atom. The molecule has 0 unspecified atom stereocenters. The minimum Gasteiger partial charge on any atom is -0.346 e. The Morgan fingerprint density at radius 1 is 1.14 bits per heavy atom. The molecule has 4 heteroatoms. The van der Waals surface area contributed by atoms with Crippen molar-refractivity contribution < 1.29 is 0 Å². The van der Waals surface area contributed by atoms with Crippen LogP contribution >= 0.6 is 11.3 Å². The highest BCUT2D eigenvalue weighted by Crippen LogP contribution is 2.29. The van der Waals surface area contributed by atoms with Crippen molar-refractivity contribution in [3.8, 4) is 0 Å². The highest BCUT2D eigenvalue weighted by Gasteiger charge is 2.17. The third kappa shape index (κ3) is 5.95. The van der Waals surface area contributed by atoms with Crippen LogP contribution in [-0.2, 0) is 13.0 Å². The predicted octanol–water partition coefficient (Wildman–Crippen LogP) is 4.61. The second kappa shape index (κ2) is 10.2. The first-order valence-electron chi connectivity index (χ1n) is 8.59. The Kier molecular flexibility index (Phi) is 8.93. The standard InChI is InChI=1S/C17H33N3S/c1-6-9-10-12-20(14(4)5)17-19-15(11-7-2)16(21-17)13-18-8-3/h14,18H,6-13H2,1-5H3. The van der Waals surface area contributed by atoms with E-state index >= 15 is 0 Å². The molecule has 0 aliphatic heterocycles. The predicted molar refractivity (Wildman–Crippen MR) is 95.5 cm³/mol. The lowest BCUT2D eigenvalue weighted by atomic mass is 10.2. The Hall–Kier alpha value is -0.610. The van der Waals surface area contributed by atoms with Gasteiger partial charge in [0.1, 0.15) is 0 Å². The van der Waals surface area contributed by atoms with Crippen molar-refractivity contribution in [1.29, 1.82) is 0 Å². The van der Waals surface area contributed by atoms with Crippen LogP contribution in [0.5, 0.6) is 0 Å². The number of nitrogens with zero attached hydrogens (tertiary/aromatic N) is 2. The van der Waals surface area contributed by atoms with Gasteiger partial charge in [0.2, 0.25) is 0 Å². The summed E-state index contributed by atoms with van der Waals surface area (Å²) in [6, 6.07) is 0.523. The summed E-state index contributed by atoms with van der Waals surface area (Å²) >= 11 is 1.89. The first kappa shape index (κ1) is 18.4. The van der Waals surface area contributed by atoms with Crippen molar-refractivity contribution in [2.75, 3.05) is 18.0 Å². The molecule has 1 aromatic heterocycles. The average Bonchev–Trinajstić information content (AvgIpc) is 2.84. The third-order valence-corrected chi connectivity index (χ3v) is 4.80. The van der Waals surface area contributed by atoms with Crippen molar-refractivity contribution in [2.24, 2.45) is 0 Å². The van der Waals surface area contributed by atoms with E-state index in [4.69, 9.17) is 4.98 Å². The summed E-state index contributed by atoms with van der Waals surface area (Å²) in [4.78, 5) is 8.86. The van der Waals surface area contributed by atoms with E-state index in [1.54, 1.807) is 0 Å². The van der Waals surface area contributed by atoms with E-state index in [1.165, 1.54) is 41.4 Å². The molecule has 122 valence electrons. The molecule has 3 nitrogen and oxygen atoms in total. The fourth-order valence-corrected chi connectivity index (χ4v) is 3.64. The number of aryl methyl sites for hydroxylation is 1. The summed E-state index contributed by atoms with van der Waals surface area (Å²) in [6.07, 6.45) is 6.11. The van der Waals surface area contributed by atoms with Gasteiger partial charge in [-0.2, -0.15) is 0 Å². The minimum atomic E-state index is 0.523. The van der Waals surface area contributed by atoms with Crippen LogP contribution < -0.4 is 10.2 Å². The average molecular weight is 312 g/mol. The van der Waals surface area contributed by atoms with Crippen LogP contribution in [0.4, 0.5) is 5.13 Å². The van der Waals surface area contributed by atoms with Crippen LogP contribution in [0.3, 0.4) is 0 Å². The fourth-order valence-electron chi connectivity index (χ4n) is 2.41. The molecule has 0 fully saturated rings. The van der Waals surface area contributed by atoms with Crippen LogP contribution in [0.1, 0.15) is 70.9 Å². The maximum absolute atomic E-state index is 4.96. The van der Waals surface area contributed by atoms with Crippen molar-refractivity contribution >= 4 is 16.5 Å². The largest absolute Gasteiger partial charge is 0.346 e. The lowest BCUT2D eigenvalue weighted by Gasteiger charge is -2.26. The summed E-state index contributed by atoms with van der Waals surface area (Å²) in [6.45, 7) is 14.3. The van der Waals surface area contributed by atoms with E-state index in [-0.39, 0.29) is 0 Å². The van der Waals surface area contributed by atoms with Crippen LogP contribution in [0, 0.1) is 0 Å². The fraction of sp³-hybridized carbons (Fsp3) is 0.824. The number of aromatic nitrogens is 1. The highest BCUT2D eigenvalue weighted by molar-refractivity contribution is 7.15. The molecule has 1 aromatic rings. The number of nitrogens with one attached hydrogen (secondary N) is 1. The van der Waals surface area contributed by atoms with E-state index < -0.39 is 0 Å². The lowest BCUT2D eigenvalue weighted by molar-refractivity contribution is 0.623. The first-order valence-corrected chi connectivity index (χ1v) is 9.41. The number of anilines is 1. The Morgan fingerprint density at radius 3 is 2.48 bits per heavy atom. The van der Waals surface area contributed by atoms with Gasteiger partial charge in [0.15, 0.2) is 5.13 Å². The summed E-state index contributed by atoms with van der Waals surface area (Å²) in [5, 5.41) is 4.67. The van der Waals surface area contributed by atoms with Crippen molar-refractivity contribution in [3.05, 3.63) is 10.6 Å². The van der Waals surface area contributed by atoms with Gasteiger partial charge >= 0.3 is 0 Å². The molecule has 1 heterocycles. The van der Waals surface area contributed by atoms with Gasteiger partial charge in [0.25, 0.3) is 0 Å². The van der Waals surface area contributed by atoms with Crippen molar-refractivity contribution in [1.82, 2.24) is 10.3 Å². The molecule has 21 heavy (non-hydrogen) atoms. The molecule has 0 aliphatic carbocycles. The zero-order chi connectivity index (χ0) is 15.7. The summed E-state index contributed by atoms with van der Waals surface area (Å²) in [7, 11) is 0. The second-order valence-corrected chi connectivity index (χ2v) is 6.95. The van der Waals surface area contributed by atoms with E-state index in [2.05, 4.69) is 44.8 Å². The molecule has 0 saturated carbocycles. The van der Waals surface area contributed by atoms with Gasteiger partial charge in [-0.15, -0.1) is 11.3 Å². The molecule has 0 amide bonds. The topological polar surface area (TPSA) is 28.2 Å². The SMILES string of the molecule is CCCCCN(c1nc(CCC)c(CNCC)s1)C(C)C. The van der Waals surface area contributed by atoms with E-state index in [9.17, 15) is 0 Å². The molecule has 0 aromatic carbocycles. The number of rotatable bonds is 11. The maximum Gasteiger partial charge on any atom is 0.186 e. The van der Waals surface area contributed by atoms with Crippen LogP contribution in [0.25, 0.3) is 0 Å². The second-order valence-electron chi connectivity index (χ2n) is 5.89. The minimum absolute atomic E-state index is 0.523. The Balaban J connectivity index is 2.85. The summed E-state index contributed by atoms with van der Waals surface area (Å²) in [5.74, 6) is 0. The van der Waals surface area contributed by atoms with Crippen LogP contribution in [0.2, 0.25) is 0 Å². The molecular formula is C17H33N3S. The monoisotopic (exact) mass is 311 g/mol. The summed E-state index contributed by atoms with van der Waals surface area (Å²) in [5.41, 5.74) is 1.31. The number of hydrogen-bond acceptors (Lipinski definition) is 4. The molecular weight excluding hydrogens is 278 g/mol. The molecule has 0 atom stereocenters. The zero-order valence-electron chi connectivity index (χ0n) is 14.5. The molecule has 0 spiro atoms.